The standard InChI is InChI=1S/C16H29N3O4/c1-6-10(2)12(18-15(22)23-16(3,4)5)14(21)19-9-7-8-11(19)13(17)20/h10-12H,6-9H2,1-5H3,(H2,17,20)(H,18,22)/t10?,11-,12?/m0/s1. The molecule has 3 atom stereocenters. The number of nitrogens with two attached hydrogens (primary N) is 1. The molecule has 7 nitrogen and oxygen atoms in total. The minimum atomic E-state index is -0.727. The predicted octanol–water partition coefficient (Wildman–Crippen LogP) is 1.40. The minimum absolute atomic E-state index is 0.0795. The Kier molecular flexibility index (Phi) is 6.41. The highest BCUT2D eigenvalue weighted by molar-refractivity contribution is 5.91. The highest BCUT2D eigenvalue weighted by Gasteiger charge is 2.38. The molecular formula is C16H29N3O4. The Labute approximate surface area is 137 Å². The number of hydrogen-bond acceptors (Lipinski definition) is 4. The van der Waals surface area contributed by atoms with E-state index in [2.05, 4.69) is 5.32 Å². The molecular weight excluding hydrogens is 298 g/mol. The Hall–Kier alpha value is -1.79. The van der Waals surface area contributed by atoms with Crippen molar-refractivity contribution in [1.82, 2.24) is 10.2 Å². The van der Waals surface area contributed by atoms with Crippen molar-refractivity contribution in [2.75, 3.05) is 6.54 Å². The van der Waals surface area contributed by atoms with E-state index in [1.807, 2.05) is 13.8 Å². The number of carbonyl (C=O) groups is 3. The Bertz CT molecular complexity index is 459. The number of ether oxygens (including phenoxy) is 1. The number of carbonyl (C=O) groups excluding carboxylic acids is 3. The molecule has 2 unspecified atom stereocenters. The highest BCUT2D eigenvalue weighted by atomic mass is 16.6. The minimum Gasteiger partial charge on any atom is -0.444 e. The summed E-state index contributed by atoms with van der Waals surface area (Å²) in [5, 5.41) is 2.66. The maximum atomic E-state index is 12.8. The zero-order valence-corrected chi connectivity index (χ0v) is 14.7. The van der Waals surface area contributed by atoms with E-state index in [-0.39, 0.29) is 11.8 Å². The first-order chi connectivity index (χ1) is 10.6. The summed E-state index contributed by atoms with van der Waals surface area (Å²) in [4.78, 5) is 37.8. The SMILES string of the molecule is CCC(C)C(NC(=O)OC(C)(C)C)C(=O)N1CCC[C@H]1C(N)=O. The number of rotatable bonds is 5. The number of likely N-dealkylation sites (tertiary alicyclic amines) is 1. The Morgan fingerprint density at radius 1 is 1.35 bits per heavy atom. The van der Waals surface area contributed by atoms with Crippen molar-refractivity contribution in [2.24, 2.45) is 11.7 Å². The Morgan fingerprint density at radius 2 is 1.96 bits per heavy atom. The number of nitrogens with zero attached hydrogens (tertiary/aromatic N) is 1. The molecule has 0 spiro atoms. The van der Waals surface area contributed by atoms with E-state index in [4.69, 9.17) is 10.5 Å². The topological polar surface area (TPSA) is 102 Å². The molecule has 7 heteroatoms. The molecule has 1 heterocycles. The van der Waals surface area contributed by atoms with Gasteiger partial charge in [0.1, 0.15) is 17.7 Å². The molecule has 3 amide bonds. The van der Waals surface area contributed by atoms with Crippen LogP contribution in [0.4, 0.5) is 4.79 Å². The molecule has 3 N–H and O–H groups in total. The zero-order chi connectivity index (χ0) is 17.8. The summed E-state index contributed by atoms with van der Waals surface area (Å²) >= 11 is 0. The van der Waals surface area contributed by atoms with Crippen LogP contribution in [0.3, 0.4) is 0 Å². The van der Waals surface area contributed by atoms with E-state index < -0.39 is 29.7 Å². The van der Waals surface area contributed by atoms with Crippen LogP contribution in [-0.2, 0) is 14.3 Å². The lowest BCUT2D eigenvalue weighted by Crippen LogP contribution is -2.55. The summed E-state index contributed by atoms with van der Waals surface area (Å²) in [6.07, 6.45) is 1.38. The van der Waals surface area contributed by atoms with E-state index in [9.17, 15) is 14.4 Å². The summed E-state index contributed by atoms with van der Waals surface area (Å²) in [6.45, 7) is 9.59. The van der Waals surface area contributed by atoms with Crippen LogP contribution in [0.15, 0.2) is 0 Å². The maximum absolute atomic E-state index is 12.8. The molecule has 0 aromatic heterocycles. The lowest BCUT2D eigenvalue weighted by Gasteiger charge is -2.31. The molecule has 1 fully saturated rings. The molecule has 1 saturated heterocycles. The number of alkyl carbamates (subject to hydrolysis) is 1. The number of primary amides is 1. The van der Waals surface area contributed by atoms with Crippen LogP contribution >= 0.6 is 0 Å². The van der Waals surface area contributed by atoms with Gasteiger partial charge in [0.15, 0.2) is 0 Å². The van der Waals surface area contributed by atoms with E-state index in [0.717, 1.165) is 6.42 Å². The molecule has 1 aliphatic heterocycles. The second-order valence-corrected chi connectivity index (χ2v) is 7.10. The van der Waals surface area contributed by atoms with E-state index in [0.29, 0.717) is 19.4 Å². The number of nitrogens with one attached hydrogen (secondary N) is 1. The monoisotopic (exact) mass is 327 g/mol. The quantitative estimate of drug-likeness (QED) is 0.797. The molecule has 0 saturated carbocycles. The van der Waals surface area contributed by atoms with Gasteiger partial charge >= 0.3 is 6.09 Å². The lowest BCUT2D eigenvalue weighted by atomic mass is 9.97. The van der Waals surface area contributed by atoms with Gasteiger partial charge in [-0.3, -0.25) is 9.59 Å². The van der Waals surface area contributed by atoms with Crippen molar-refractivity contribution < 1.29 is 19.1 Å². The van der Waals surface area contributed by atoms with Gasteiger partial charge in [-0.05, 0) is 39.5 Å². The van der Waals surface area contributed by atoms with Crippen LogP contribution in [0.5, 0.6) is 0 Å². The second kappa shape index (κ2) is 7.66. The largest absolute Gasteiger partial charge is 0.444 e. The lowest BCUT2D eigenvalue weighted by molar-refractivity contribution is -0.140. The van der Waals surface area contributed by atoms with Crippen molar-refractivity contribution in [1.29, 1.82) is 0 Å². The van der Waals surface area contributed by atoms with Crippen LogP contribution in [0.1, 0.15) is 53.9 Å². The first-order valence-electron chi connectivity index (χ1n) is 8.16. The molecule has 132 valence electrons. The van der Waals surface area contributed by atoms with Crippen molar-refractivity contribution in [3.8, 4) is 0 Å². The van der Waals surface area contributed by atoms with Crippen molar-refractivity contribution >= 4 is 17.9 Å². The van der Waals surface area contributed by atoms with E-state index in [1.54, 1.807) is 20.8 Å². The molecule has 23 heavy (non-hydrogen) atoms. The van der Waals surface area contributed by atoms with Crippen molar-refractivity contribution in [3.63, 3.8) is 0 Å². The van der Waals surface area contributed by atoms with Gasteiger partial charge in [0.05, 0.1) is 0 Å². The van der Waals surface area contributed by atoms with Crippen molar-refractivity contribution in [2.45, 2.75) is 71.6 Å². The Balaban J connectivity index is 2.87. The summed E-state index contributed by atoms with van der Waals surface area (Å²) < 4.78 is 5.24. The third-order valence-electron chi connectivity index (χ3n) is 4.02. The fraction of sp³-hybridized carbons (Fsp3) is 0.812. The van der Waals surface area contributed by atoms with Crippen LogP contribution in [-0.4, -0.2) is 47.0 Å². The smallest absolute Gasteiger partial charge is 0.408 e. The Morgan fingerprint density at radius 3 is 2.43 bits per heavy atom. The highest BCUT2D eigenvalue weighted by Crippen LogP contribution is 2.21. The first kappa shape index (κ1) is 19.3. The third kappa shape index (κ3) is 5.41. The zero-order valence-electron chi connectivity index (χ0n) is 14.7. The van der Waals surface area contributed by atoms with Gasteiger partial charge in [-0.1, -0.05) is 20.3 Å². The molecule has 0 aromatic carbocycles. The second-order valence-electron chi connectivity index (χ2n) is 7.10. The third-order valence-corrected chi connectivity index (χ3v) is 4.02. The first-order valence-corrected chi connectivity index (χ1v) is 8.16. The summed E-state index contributed by atoms with van der Waals surface area (Å²) in [6, 6.07) is -1.32. The van der Waals surface area contributed by atoms with Gasteiger partial charge in [0.2, 0.25) is 11.8 Å². The van der Waals surface area contributed by atoms with Crippen molar-refractivity contribution in [3.05, 3.63) is 0 Å². The molecule has 1 rings (SSSR count). The number of hydrogen-bond donors (Lipinski definition) is 2. The molecule has 0 bridgehead atoms. The van der Waals surface area contributed by atoms with Gasteiger partial charge in [0.25, 0.3) is 0 Å². The van der Waals surface area contributed by atoms with Gasteiger partial charge in [-0.15, -0.1) is 0 Å². The summed E-state index contributed by atoms with van der Waals surface area (Å²) in [7, 11) is 0. The van der Waals surface area contributed by atoms with Crippen LogP contribution in [0.25, 0.3) is 0 Å². The van der Waals surface area contributed by atoms with Crippen LogP contribution < -0.4 is 11.1 Å². The molecule has 0 aliphatic carbocycles. The van der Waals surface area contributed by atoms with Crippen LogP contribution in [0.2, 0.25) is 0 Å². The van der Waals surface area contributed by atoms with E-state index >= 15 is 0 Å². The number of amides is 3. The van der Waals surface area contributed by atoms with Gasteiger partial charge in [-0.2, -0.15) is 0 Å². The van der Waals surface area contributed by atoms with Gasteiger partial charge < -0.3 is 20.7 Å². The summed E-state index contributed by atoms with van der Waals surface area (Å²) in [5.74, 6) is -0.855. The van der Waals surface area contributed by atoms with E-state index in [1.165, 1.54) is 4.90 Å². The molecule has 0 aromatic rings. The molecule has 1 aliphatic rings. The fourth-order valence-corrected chi connectivity index (χ4v) is 2.62. The average Bonchev–Trinajstić information content (AvgIpc) is 2.90. The summed E-state index contributed by atoms with van der Waals surface area (Å²) in [5.41, 5.74) is 4.73. The van der Waals surface area contributed by atoms with Gasteiger partial charge in [0, 0.05) is 6.54 Å². The predicted molar refractivity (Wildman–Crippen MR) is 86.5 cm³/mol. The normalized spacial score (nSPS) is 20.7. The van der Waals surface area contributed by atoms with Gasteiger partial charge in [-0.25, -0.2) is 4.79 Å². The maximum Gasteiger partial charge on any atom is 0.408 e. The molecule has 0 radical (unpaired) electrons. The average molecular weight is 327 g/mol. The van der Waals surface area contributed by atoms with Crippen LogP contribution in [0, 0.1) is 5.92 Å². The fourth-order valence-electron chi connectivity index (χ4n) is 2.62.